The lowest BCUT2D eigenvalue weighted by atomic mass is 9.95. The van der Waals surface area contributed by atoms with Crippen LogP contribution in [0.5, 0.6) is 0 Å². The van der Waals surface area contributed by atoms with E-state index in [1.54, 1.807) is 25.1 Å². The van der Waals surface area contributed by atoms with Gasteiger partial charge in [0.2, 0.25) is 11.7 Å². The zero-order chi connectivity index (χ0) is 18.7. The maximum atomic E-state index is 12.3. The third kappa shape index (κ3) is 4.40. The Morgan fingerprint density at radius 3 is 2.73 bits per heavy atom. The van der Waals surface area contributed by atoms with Gasteiger partial charge in [-0.1, -0.05) is 30.1 Å². The molecule has 1 heterocycles. The van der Waals surface area contributed by atoms with E-state index in [9.17, 15) is 13.2 Å². The van der Waals surface area contributed by atoms with Crippen molar-refractivity contribution in [2.75, 3.05) is 11.6 Å². The van der Waals surface area contributed by atoms with Gasteiger partial charge in [0.15, 0.2) is 9.84 Å². The molecule has 2 aromatic rings. The molecular weight excluding hydrogens is 356 g/mol. The standard InChI is InChI=1S/C17H22N4O4S/c1-11-18-16(21-25-11)12-6-5-7-13(10-12)19-17(22)20-14-8-3-4-9-15(14)26(2,23)24/h5-7,10,14-15H,3-4,8-9H2,1-2H3,(H2,19,20,22)/t14-,15-/m1/s1. The molecule has 0 saturated heterocycles. The third-order valence-electron chi connectivity index (χ3n) is 4.48. The average Bonchev–Trinajstić information content (AvgIpc) is 3.01. The third-order valence-corrected chi connectivity index (χ3v) is 6.14. The molecular formula is C17H22N4O4S. The molecule has 1 aromatic heterocycles. The molecule has 2 N–H and O–H groups in total. The summed E-state index contributed by atoms with van der Waals surface area (Å²) in [6.45, 7) is 1.70. The van der Waals surface area contributed by atoms with Gasteiger partial charge in [0, 0.05) is 30.5 Å². The van der Waals surface area contributed by atoms with Crippen molar-refractivity contribution in [3.05, 3.63) is 30.2 Å². The first-order valence-electron chi connectivity index (χ1n) is 8.50. The average molecular weight is 378 g/mol. The Kier molecular flexibility index (Phi) is 5.26. The number of aryl methyl sites for hydroxylation is 1. The summed E-state index contributed by atoms with van der Waals surface area (Å²) < 4.78 is 28.9. The van der Waals surface area contributed by atoms with Crippen LogP contribution in [0.1, 0.15) is 31.6 Å². The van der Waals surface area contributed by atoms with Crippen LogP contribution in [0.3, 0.4) is 0 Å². The number of aromatic nitrogens is 2. The molecule has 3 rings (SSSR count). The van der Waals surface area contributed by atoms with Crippen molar-refractivity contribution in [2.24, 2.45) is 0 Å². The Balaban J connectivity index is 1.68. The number of sulfone groups is 1. The number of benzene rings is 1. The number of nitrogens with zero attached hydrogens (tertiary/aromatic N) is 2. The van der Waals surface area contributed by atoms with Crippen molar-refractivity contribution in [1.29, 1.82) is 0 Å². The van der Waals surface area contributed by atoms with Crippen LogP contribution >= 0.6 is 0 Å². The molecule has 0 aliphatic heterocycles. The summed E-state index contributed by atoms with van der Waals surface area (Å²) in [7, 11) is -3.20. The Morgan fingerprint density at radius 2 is 2.04 bits per heavy atom. The van der Waals surface area contributed by atoms with E-state index in [-0.39, 0.29) is 6.04 Å². The fourth-order valence-electron chi connectivity index (χ4n) is 3.26. The number of nitrogens with one attached hydrogen (secondary N) is 2. The van der Waals surface area contributed by atoms with E-state index < -0.39 is 21.1 Å². The number of carbonyl (C=O) groups is 1. The molecule has 0 radical (unpaired) electrons. The molecule has 1 aliphatic rings. The highest BCUT2D eigenvalue weighted by atomic mass is 32.2. The summed E-state index contributed by atoms with van der Waals surface area (Å²) >= 11 is 0. The molecule has 0 spiro atoms. The Labute approximate surface area is 152 Å². The molecule has 0 unspecified atom stereocenters. The highest BCUT2D eigenvalue weighted by Crippen LogP contribution is 2.24. The first kappa shape index (κ1) is 18.4. The van der Waals surface area contributed by atoms with Gasteiger partial charge in [0.05, 0.1) is 5.25 Å². The smallest absolute Gasteiger partial charge is 0.319 e. The van der Waals surface area contributed by atoms with Gasteiger partial charge in [-0.25, -0.2) is 13.2 Å². The van der Waals surface area contributed by atoms with Gasteiger partial charge in [-0.2, -0.15) is 4.98 Å². The van der Waals surface area contributed by atoms with E-state index in [1.807, 2.05) is 6.07 Å². The van der Waals surface area contributed by atoms with Crippen LogP contribution in [0.15, 0.2) is 28.8 Å². The van der Waals surface area contributed by atoms with E-state index >= 15 is 0 Å². The number of carbonyl (C=O) groups excluding carboxylic acids is 1. The zero-order valence-electron chi connectivity index (χ0n) is 14.7. The summed E-state index contributed by atoms with van der Waals surface area (Å²) in [6.07, 6.45) is 4.24. The van der Waals surface area contributed by atoms with Gasteiger partial charge >= 0.3 is 6.03 Å². The van der Waals surface area contributed by atoms with Crippen molar-refractivity contribution < 1.29 is 17.7 Å². The number of rotatable bonds is 4. The van der Waals surface area contributed by atoms with Crippen LogP contribution in [-0.2, 0) is 9.84 Å². The van der Waals surface area contributed by atoms with Gasteiger partial charge in [0.25, 0.3) is 0 Å². The minimum atomic E-state index is -3.20. The largest absolute Gasteiger partial charge is 0.339 e. The van der Waals surface area contributed by atoms with Gasteiger partial charge in [0.1, 0.15) is 0 Å². The summed E-state index contributed by atoms with van der Waals surface area (Å²) in [6, 6.07) is 6.27. The minimum absolute atomic E-state index is 0.373. The Bertz CT molecular complexity index is 894. The molecule has 8 nitrogen and oxygen atoms in total. The van der Waals surface area contributed by atoms with Gasteiger partial charge < -0.3 is 15.2 Å². The topological polar surface area (TPSA) is 114 Å². The fraction of sp³-hybridized carbons (Fsp3) is 0.471. The predicted octanol–water partition coefficient (Wildman–Crippen LogP) is 2.52. The number of anilines is 1. The second-order valence-electron chi connectivity index (χ2n) is 6.58. The van der Waals surface area contributed by atoms with Crippen molar-refractivity contribution in [1.82, 2.24) is 15.5 Å². The zero-order valence-corrected chi connectivity index (χ0v) is 15.5. The summed E-state index contributed by atoms with van der Waals surface area (Å²) in [5, 5.41) is 8.88. The van der Waals surface area contributed by atoms with Crippen LogP contribution in [0, 0.1) is 6.92 Å². The highest BCUT2D eigenvalue weighted by molar-refractivity contribution is 7.91. The van der Waals surface area contributed by atoms with Crippen LogP contribution in [0.2, 0.25) is 0 Å². The van der Waals surface area contributed by atoms with Crippen molar-refractivity contribution in [3.8, 4) is 11.4 Å². The molecule has 1 aliphatic carbocycles. The van der Waals surface area contributed by atoms with Crippen molar-refractivity contribution in [2.45, 2.75) is 43.9 Å². The first-order valence-corrected chi connectivity index (χ1v) is 10.5. The van der Waals surface area contributed by atoms with Crippen molar-refractivity contribution >= 4 is 21.6 Å². The van der Waals surface area contributed by atoms with E-state index in [0.29, 0.717) is 35.8 Å². The molecule has 2 amide bonds. The SMILES string of the molecule is Cc1nc(-c2cccc(NC(=O)N[C@@H]3CCCC[C@H]3S(C)(=O)=O)c2)no1. The fourth-order valence-corrected chi connectivity index (χ4v) is 4.66. The van der Waals surface area contributed by atoms with E-state index in [0.717, 1.165) is 12.8 Å². The number of hydrogen-bond acceptors (Lipinski definition) is 6. The monoisotopic (exact) mass is 378 g/mol. The molecule has 1 aromatic carbocycles. The summed E-state index contributed by atoms with van der Waals surface area (Å²) in [5.41, 5.74) is 1.28. The van der Waals surface area contributed by atoms with Gasteiger partial charge in [-0.05, 0) is 25.0 Å². The maximum absolute atomic E-state index is 12.3. The minimum Gasteiger partial charge on any atom is -0.339 e. The molecule has 1 fully saturated rings. The van der Waals surface area contributed by atoms with E-state index in [2.05, 4.69) is 20.8 Å². The first-order chi connectivity index (χ1) is 12.3. The van der Waals surface area contributed by atoms with Crippen LogP contribution in [0.4, 0.5) is 10.5 Å². The lowest BCUT2D eigenvalue weighted by Crippen LogP contribution is -2.49. The second kappa shape index (κ2) is 7.45. The number of hydrogen-bond donors (Lipinski definition) is 2. The molecule has 0 bridgehead atoms. The maximum Gasteiger partial charge on any atom is 0.319 e. The number of urea groups is 1. The van der Waals surface area contributed by atoms with Crippen LogP contribution < -0.4 is 10.6 Å². The van der Waals surface area contributed by atoms with Crippen molar-refractivity contribution in [3.63, 3.8) is 0 Å². The molecule has 140 valence electrons. The summed E-state index contributed by atoms with van der Waals surface area (Å²) in [4.78, 5) is 16.5. The molecule has 2 atom stereocenters. The van der Waals surface area contributed by atoms with Gasteiger partial charge in [-0.15, -0.1) is 0 Å². The van der Waals surface area contributed by atoms with E-state index in [4.69, 9.17) is 4.52 Å². The second-order valence-corrected chi connectivity index (χ2v) is 8.84. The Hall–Kier alpha value is -2.42. The molecule has 26 heavy (non-hydrogen) atoms. The lowest BCUT2D eigenvalue weighted by Gasteiger charge is -2.30. The number of amides is 2. The predicted molar refractivity (Wildman–Crippen MR) is 97.5 cm³/mol. The molecule has 9 heteroatoms. The molecule has 1 saturated carbocycles. The van der Waals surface area contributed by atoms with Crippen LogP contribution in [-0.4, -0.2) is 42.1 Å². The highest BCUT2D eigenvalue weighted by Gasteiger charge is 2.33. The lowest BCUT2D eigenvalue weighted by molar-refractivity contribution is 0.244. The summed E-state index contributed by atoms with van der Waals surface area (Å²) in [5.74, 6) is 0.899. The van der Waals surface area contributed by atoms with Crippen LogP contribution in [0.25, 0.3) is 11.4 Å². The normalized spacial score (nSPS) is 20.5. The Morgan fingerprint density at radius 1 is 1.27 bits per heavy atom. The quantitative estimate of drug-likeness (QED) is 0.845. The van der Waals surface area contributed by atoms with E-state index in [1.165, 1.54) is 6.26 Å². The van der Waals surface area contributed by atoms with Gasteiger partial charge in [-0.3, -0.25) is 0 Å².